The van der Waals surface area contributed by atoms with Crippen LogP contribution in [0.1, 0.15) is 32.1 Å². The van der Waals surface area contributed by atoms with Gasteiger partial charge in [-0.25, -0.2) is 11.0 Å². The lowest BCUT2D eigenvalue weighted by Gasteiger charge is -2.33. The standard InChI is InChI=1S/C11H23N5O/c1-15(8-14-16(2)13)10-5-3-9(4-6-10)7-11(12)17/h8-10H,3-7,13H2,1-2H3,(H2,12,17). The monoisotopic (exact) mass is 241 g/mol. The molecular weight excluding hydrogens is 218 g/mol. The first-order valence-electron chi connectivity index (χ1n) is 6.01. The van der Waals surface area contributed by atoms with E-state index >= 15 is 0 Å². The molecule has 0 atom stereocenters. The maximum absolute atomic E-state index is 10.8. The van der Waals surface area contributed by atoms with Crippen LogP contribution >= 0.6 is 0 Å². The van der Waals surface area contributed by atoms with Crippen molar-refractivity contribution in [3.63, 3.8) is 0 Å². The average Bonchev–Trinajstić information content (AvgIpc) is 2.26. The van der Waals surface area contributed by atoms with Crippen LogP contribution in [0.4, 0.5) is 0 Å². The topological polar surface area (TPSA) is 87.9 Å². The van der Waals surface area contributed by atoms with Gasteiger partial charge in [-0.3, -0.25) is 4.79 Å². The third-order valence-corrected chi connectivity index (χ3v) is 3.30. The third kappa shape index (κ3) is 5.04. The molecule has 1 amide bonds. The van der Waals surface area contributed by atoms with Crippen LogP contribution in [-0.2, 0) is 4.79 Å². The van der Waals surface area contributed by atoms with Crippen molar-refractivity contribution in [1.82, 2.24) is 10.0 Å². The molecule has 6 heteroatoms. The van der Waals surface area contributed by atoms with Crippen molar-refractivity contribution >= 4 is 12.2 Å². The Morgan fingerprint density at radius 1 is 1.35 bits per heavy atom. The molecule has 0 spiro atoms. The number of nitrogens with zero attached hydrogens (tertiary/aromatic N) is 3. The molecule has 4 N–H and O–H groups in total. The number of carbonyl (C=O) groups is 1. The van der Waals surface area contributed by atoms with Crippen molar-refractivity contribution in [3.05, 3.63) is 0 Å². The highest BCUT2D eigenvalue weighted by molar-refractivity contribution is 5.74. The maximum Gasteiger partial charge on any atom is 0.217 e. The lowest BCUT2D eigenvalue weighted by Crippen LogP contribution is -2.36. The molecule has 17 heavy (non-hydrogen) atoms. The van der Waals surface area contributed by atoms with Crippen molar-refractivity contribution in [2.75, 3.05) is 14.1 Å². The highest BCUT2D eigenvalue weighted by Crippen LogP contribution is 2.28. The number of hydrazine groups is 1. The summed E-state index contributed by atoms with van der Waals surface area (Å²) in [5.41, 5.74) is 5.21. The summed E-state index contributed by atoms with van der Waals surface area (Å²) in [6.45, 7) is 0. The zero-order valence-corrected chi connectivity index (χ0v) is 10.7. The Balaban J connectivity index is 2.33. The van der Waals surface area contributed by atoms with Gasteiger partial charge in [0, 0.05) is 26.6 Å². The molecule has 1 aliphatic rings. The van der Waals surface area contributed by atoms with Crippen molar-refractivity contribution in [2.45, 2.75) is 38.1 Å². The number of nitrogens with two attached hydrogens (primary N) is 2. The molecule has 0 heterocycles. The van der Waals surface area contributed by atoms with Gasteiger partial charge in [-0.15, -0.1) is 0 Å². The van der Waals surface area contributed by atoms with E-state index in [-0.39, 0.29) is 5.91 Å². The van der Waals surface area contributed by atoms with Crippen LogP contribution in [0.3, 0.4) is 0 Å². The summed E-state index contributed by atoms with van der Waals surface area (Å²) in [5, 5.41) is 5.29. The van der Waals surface area contributed by atoms with E-state index in [9.17, 15) is 4.79 Å². The van der Waals surface area contributed by atoms with Crippen LogP contribution in [0.25, 0.3) is 0 Å². The van der Waals surface area contributed by atoms with E-state index in [2.05, 4.69) is 10.0 Å². The van der Waals surface area contributed by atoms with Crippen LogP contribution < -0.4 is 11.6 Å². The first-order chi connectivity index (χ1) is 7.99. The van der Waals surface area contributed by atoms with Gasteiger partial charge in [-0.05, 0) is 31.6 Å². The van der Waals surface area contributed by atoms with Gasteiger partial charge >= 0.3 is 0 Å². The lowest BCUT2D eigenvalue weighted by atomic mass is 9.83. The van der Waals surface area contributed by atoms with Gasteiger partial charge in [0.2, 0.25) is 5.91 Å². The van der Waals surface area contributed by atoms with Crippen LogP contribution in [0.15, 0.2) is 5.10 Å². The molecular formula is C11H23N5O. The summed E-state index contributed by atoms with van der Waals surface area (Å²) in [6.07, 6.45) is 6.55. The minimum atomic E-state index is -0.187. The van der Waals surface area contributed by atoms with Gasteiger partial charge in [0.15, 0.2) is 0 Å². The quantitative estimate of drug-likeness (QED) is 0.309. The first-order valence-corrected chi connectivity index (χ1v) is 6.01. The molecule has 0 aliphatic heterocycles. The molecule has 0 saturated heterocycles. The number of rotatable bonds is 5. The second kappa shape index (κ2) is 6.44. The number of carbonyl (C=O) groups excluding carboxylic acids is 1. The van der Waals surface area contributed by atoms with Gasteiger partial charge in [0.05, 0.1) is 0 Å². The smallest absolute Gasteiger partial charge is 0.217 e. The summed E-state index contributed by atoms with van der Waals surface area (Å²) >= 11 is 0. The summed E-state index contributed by atoms with van der Waals surface area (Å²) in [4.78, 5) is 12.9. The molecule has 1 rings (SSSR count). The maximum atomic E-state index is 10.8. The molecule has 0 aromatic carbocycles. The molecule has 98 valence electrons. The Morgan fingerprint density at radius 3 is 2.41 bits per heavy atom. The number of hydrazone groups is 1. The fourth-order valence-electron chi connectivity index (χ4n) is 2.30. The van der Waals surface area contributed by atoms with Crippen LogP contribution in [-0.4, -0.2) is 42.4 Å². The zero-order valence-electron chi connectivity index (χ0n) is 10.7. The van der Waals surface area contributed by atoms with E-state index in [1.54, 1.807) is 13.4 Å². The molecule has 0 aromatic rings. The Bertz CT molecular complexity index is 271. The number of primary amides is 1. The molecule has 6 nitrogen and oxygen atoms in total. The Hall–Kier alpha value is -1.30. The van der Waals surface area contributed by atoms with Gasteiger partial charge in [-0.1, -0.05) is 0 Å². The van der Waals surface area contributed by atoms with Gasteiger partial charge < -0.3 is 10.6 Å². The van der Waals surface area contributed by atoms with E-state index in [4.69, 9.17) is 11.6 Å². The highest BCUT2D eigenvalue weighted by Gasteiger charge is 2.23. The van der Waals surface area contributed by atoms with Crippen LogP contribution in [0.2, 0.25) is 0 Å². The largest absolute Gasteiger partial charge is 0.370 e. The van der Waals surface area contributed by atoms with Crippen molar-refractivity contribution in [1.29, 1.82) is 0 Å². The van der Waals surface area contributed by atoms with Crippen LogP contribution in [0.5, 0.6) is 0 Å². The summed E-state index contributed by atoms with van der Waals surface area (Å²) in [5.74, 6) is 5.68. The predicted octanol–water partition coefficient (Wildman–Crippen LogP) is 0.101. The van der Waals surface area contributed by atoms with E-state index in [0.29, 0.717) is 18.4 Å². The Kier molecular flexibility index (Phi) is 5.21. The normalized spacial score (nSPS) is 24.9. The number of hydrogen-bond acceptors (Lipinski definition) is 4. The molecule has 1 aliphatic carbocycles. The second-order valence-corrected chi connectivity index (χ2v) is 4.82. The first kappa shape index (κ1) is 13.8. The van der Waals surface area contributed by atoms with Crippen molar-refractivity contribution in [3.8, 4) is 0 Å². The van der Waals surface area contributed by atoms with Crippen molar-refractivity contribution < 1.29 is 4.79 Å². The van der Waals surface area contributed by atoms with Gasteiger partial charge in [0.25, 0.3) is 0 Å². The fourth-order valence-corrected chi connectivity index (χ4v) is 2.30. The number of amides is 1. The Morgan fingerprint density at radius 2 is 1.94 bits per heavy atom. The highest BCUT2D eigenvalue weighted by atomic mass is 16.1. The van der Waals surface area contributed by atoms with E-state index in [0.717, 1.165) is 25.7 Å². The minimum absolute atomic E-state index is 0.187. The van der Waals surface area contributed by atoms with Crippen molar-refractivity contribution in [2.24, 2.45) is 22.6 Å². The molecule has 0 radical (unpaired) electrons. The second-order valence-electron chi connectivity index (χ2n) is 4.82. The average molecular weight is 241 g/mol. The molecule has 1 saturated carbocycles. The molecule has 0 aromatic heterocycles. The lowest BCUT2D eigenvalue weighted by molar-refractivity contribution is -0.119. The number of hydrogen-bond donors (Lipinski definition) is 2. The summed E-state index contributed by atoms with van der Waals surface area (Å²) in [6, 6.07) is 0.489. The van der Waals surface area contributed by atoms with E-state index in [1.807, 2.05) is 7.05 Å². The SMILES string of the molecule is CN(N)N=CN(C)C1CCC(CC(N)=O)CC1. The minimum Gasteiger partial charge on any atom is -0.370 e. The van der Waals surface area contributed by atoms with Gasteiger partial charge in [-0.2, -0.15) is 5.10 Å². The fraction of sp³-hybridized carbons (Fsp3) is 0.818. The molecule has 0 bridgehead atoms. The summed E-state index contributed by atoms with van der Waals surface area (Å²) in [7, 11) is 3.69. The molecule has 0 unspecified atom stereocenters. The predicted molar refractivity (Wildman–Crippen MR) is 67.8 cm³/mol. The zero-order chi connectivity index (χ0) is 12.8. The Labute approximate surface area is 103 Å². The van der Waals surface area contributed by atoms with Gasteiger partial charge in [0.1, 0.15) is 6.34 Å². The third-order valence-electron chi connectivity index (χ3n) is 3.30. The molecule has 1 fully saturated rings. The van der Waals surface area contributed by atoms with E-state index in [1.165, 1.54) is 5.12 Å². The van der Waals surface area contributed by atoms with Crippen LogP contribution in [0, 0.1) is 5.92 Å². The van der Waals surface area contributed by atoms with E-state index < -0.39 is 0 Å². The summed E-state index contributed by atoms with van der Waals surface area (Å²) < 4.78 is 0.